The Labute approximate surface area is 248 Å². The quantitative estimate of drug-likeness (QED) is 0.176. The van der Waals surface area contributed by atoms with Gasteiger partial charge in [-0.05, 0) is 68.7 Å². The first kappa shape index (κ1) is 29.5. The number of carbonyl (C=O) groups is 1. The largest absolute Gasteiger partial charge is 0.493 e. The molecule has 8 nitrogen and oxygen atoms in total. The van der Waals surface area contributed by atoms with Crippen LogP contribution >= 0.6 is 0 Å². The van der Waals surface area contributed by atoms with Crippen molar-refractivity contribution in [3.63, 3.8) is 0 Å². The van der Waals surface area contributed by atoms with E-state index < -0.39 is 10.0 Å². The number of benzene rings is 3. The molecule has 0 N–H and O–H groups in total. The second-order valence-electron chi connectivity index (χ2n) is 10.9. The van der Waals surface area contributed by atoms with Crippen LogP contribution in [0.2, 0.25) is 0 Å². The molecule has 222 valence electrons. The van der Waals surface area contributed by atoms with E-state index >= 15 is 0 Å². The summed E-state index contributed by atoms with van der Waals surface area (Å²) in [6.45, 7) is 7.67. The maximum atomic E-state index is 13.9. The van der Waals surface area contributed by atoms with Gasteiger partial charge in [-0.2, -0.15) is 0 Å². The number of nitrogens with zero attached hydrogens (tertiary/aromatic N) is 3. The normalized spacial score (nSPS) is 15.8. The smallest absolute Gasteiger partial charge is 0.325 e. The van der Waals surface area contributed by atoms with Crippen LogP contribution in [0.1, 0.15) is 50.7 Å². The van der Waals surface area contributed by atoms with Gasteiger partial charge in [0.25, 0.3) is 10.0 Å². The van der Waals surface area contributed by atoms with Crippen LogP contribution in [0, 0.1) is 6.92 Å². The Bertz CT molecular complexity index is 1660. The molecule has 0 bridgehead atoms. The van der Waals surface area contributed by atoms with Gasteiger partial charge in [-0.3, -0.25) is 4.90 Å². The number of fused-ring (bicyclic) bond motifs is 1. The highest BCUT2D eigenvalue weighted by molar-refractivity contribution is 7.90. The molecule has 3 aromatic carbocycles. The predicted octanol–water partition coefficient (Wildman–Crippen LogP) is 6.99. The Morgan fingerprint density at radius 3 is 2.50 bits per heavy atom. The van der Waals surface area contributed by atoms with Crippen molar-refractivity contribution in [3.05, 3.63) is 84.1 Å². The monoisotopic (exact) mass is 589 g/mol. The summed E-state index contributed by atoms with van der Waals surface area (Å²) in [6, 6.07) is 19.8. The summed E-state index contributed by atoms with van der Waals surface area (Å²) < 4.78 is 39.8. The van der Waals surface area contributed by atoms with Crippen LogP contribution < -0.4 is 14.4 Å². The number of hydrogen-bond acceptors (Lipinski definition) is 5. The third-order valence-electron chi connectivity index (χ3n) is 7.95. The molecule has 0 spiro atoms. The van der Waals surface area contributed by atoms with Crippen molar-refractivity contribution in [3.8, 4) is 11.5 Å². The molecule has 0 unspecified atom stereocenters. The third-order valence-corrected chi connectivity index (χ3v) is 9.65. The number of hydrogen-bond donors (Lipinski definition) is 0. The van der Waals surface area contributed by atoms with E-state index in [1.165, 1.54) is 3.97 Å². The zero-order valence-corrected chi connectivity index (χ0v) is 25.6. The van der Waals surface area contributed by atoms with E-state index in [9.17, 15) is 13.2 Å². The van der Waals surface area contributed by atoms with Gasteiger partial charge in [0.05, 0.1) is 24.1 Å². The lowest BCUT2D eigenvalue weighted by atomic mass is 10.1. The van der Waals surface area contributed by atoms with Gasteiger partial charge in [0.1, 0.15) is 0 Å². The minimum atomic E-state index is -3.77. The molecule has 1 saturated heterocycles. The first-order valence-corrected chi connectivity index (χ1v) is 16.0. The lowest BCUT2D eigenvalue weighted by Crippen LogP contribution is -2.53. The Kier molecular flexibility index (Phi) is 8.77. The van der Waals surface area contributed by atoms with Gasteiger partial charge >= 0.3 is 6.03 Å². The van der Waals surface area contributed by atoms with Crippen LogP contribution in [0.5, 0.6) is 11.5 Å². The van der Waals surface area contributed by atoms with Gasteiger partial charge in [-0.15, -0.1) is 0 Å². The van der Waals surface area contributed by atoms with Crippen molar-refractivity contribution in [2.75, 3.05) is 25.2 Å². The molecule has 9 heteroatoms. The highest BCUT2D eigenvalue weighted by Crippen LogP contribution is 2.35. The number of carbonyl (C=O) groups excluding carboxylic acids is 1. The van der Waals surface area contributed by atoms with Gasteiger partial charge in [0.15, 0.2) is 11.5 Å². The average molecular weight is 590 g/mol. The summed E-state index contributed by atoms with van der Waals surface area (Å²) in [5.41, 5.74) is 3.23. The SMILES string of the molecule is CCCCCOc1cc(N2CC[C@@H](C)N(Cc3cccc4c3ccn4S(=O)(=O)c3ccc(C)cc3)C2=O)ccc1OC. The number of amides is 2. The molecule has 1 aromatic heterocycles. The molecule has 5 rings (SSSR count). The Morgan fingerprint density at radius 1 is 0.976 bits per heavy atom. The lowest BCUT2D eigenvalue weighted by Gasteiger charge is -2.40. The minimum Gasteiger partial charge on any atom is -0.493 e. The molecular weight excluding hydrogens is 550 g/mol. The van der Waals surface area contributed by atoms with E-state index in [1.807, 2.05) is 48.2 Å². The number of unbranched alkanes of at least 4 members (excludes halogenated alkanes) is 2. The van der Waals surface area contributed by atoms with Crippen LogP contribution in [-0.2, 0) is 16.6 Å². The second-order valence-corrected chi connectivity index (χ2v) is 12.7. The Hall–Kier alpha value is -3.98. The number of aromatic nitrogens is 1. The zero-order chi connectivity index (χ0) is 29.9. The Morgan fingerprint density at radius 2 is 1.76 bits per heavy atom. The van der Waals surface area contributed by atoms with Crippen LogP contribution in [0.4, 0.5) is 10.5 Å². The van der Waals surface area contributed by atoms with Gasteiger partial charge in [-0.25, -0.2) is 17.2 Å². The summed E-state index contributed by atoms with van der Waals surface area (Å²) in [7, 11) is -2.16. The number of rotatable bonds is 11. The average Bonchev–Trinajstić information content (AvgIpc) is 3.44. The minimum absolute atomic E-state index is 0.0189. The molecule has 2 amide bonds. The van der Waals surface area contributed by atoms with Crippen molar-refractivity contribution >= 4 is 32.6 Å². The van der Waals surface area contributed by atoms with Gasteiger partial charge in [0, 0.05) is 42.5 Å². The molecule has 42 heavy (non-hydrogen) atoms. The van der Waals surface area contributed by atoms with Crippen molar-refractivity contribution in [1.29, 1.82) is 0 Å². The molecule has 1 aliphatic heterocycles. The maximum Gasteiger partial charge on any atom is 0.325 e. The maximum absolute atomic E-state index is 13.9. The first-order valence-electron chi connectivity index (χ1n) is 14.5. The molecule has 0 aliphatic carbocycles. The molecule has 1 fully saturated rings. The Balaban J connectivity index is 1.41. The van der Waals surface area contributed by atoms with Crippen LogP contribution in [0.3, 0.4) is 0 Å². The van der Waals surface area contributed by atoms with E-state index in [2.05, 4.69) is 13.8 Å². The molecule has 1 aliphatic rings. The molecule has 0 radical (unpaired) electrons. The van der Waals surface area contributed by atoms with E-state index in [1.54, 1.807) is 48.5 Å². The number of urea groups is 1. The number of anilines is 1. The van der Waals surface area contributed by atoms with E-state index in [0.717, 1.165) is 47.9 Å². The number of methoxy groups -OCH3 is 1. The molecular formula is C33H39N3O5S. The standard InChI is InChI=1S/C33H39N3O5S/c1-5-6-7-21-41-32-22-27(13-16-31(32)40-4)34-19-17-25(3)35(33(34)37)23-26-9-8-10-30-29(26)18-20-36(30)42(38,39)28-14-11-24(2)12-15-28/h8-16,18,20,22,25H,5-7,17,19,21,23H2,1-4H3/t25-/m1/s1. The summed E-state index contributed by atoms with van der Waals surface area (Å²) in [5.74, 6) is 1.27. The fourth-order valence-corrected chi connectivity index (χ4v) is 6.76. The summed E-state index contributed by atoms with van der Waals surface area (Å²) in [4.78, 5) is 17.8. The van der Waals surface area contributed by atoms with Crippen LogP contribution in [-0.4, -0.2) is 49.6 Å². The molecule has 2 heterocycles. The van der Waals surface area contributed by atoms with Crippen molar-refractivity contribution < 1.29 is 22.7 Å². The van der Waals surface area contributed by atoms with Gasteiger partial charge in [0.2, 0.25) is 0 Å². The second kappa shape index (κ2) is 12.5. The van der Waals surface area contributed by atoms with Crippen LogP contribution in [0.15, 0.2) is 77.8 Å². The summed E-state index contributed by atoms with van der Waals surface area (Å²) in [5, 5.41) is 0.803. The van der Waals surface area contributed by atoms with Crippen LogP contribution in [0.25, 0.3) is 10.9 Å². The summed E-state index contributed by atoms with van der Waals surface area (Å²) in [6.07, 6.45) is 5.54. The number of ether oxygens (including phenoxy) is 2. The third kappa shape index (κ3) is 5.83. The van der Waals surface area contributed by atoms with Crippen molar-refractivity contribution in [1.82, 2.24) is 8.87 Å². The topological polar surface area (TPSA) is 81.1 Å². The van der Waals surface area contributed by atoms with E-state index in [0.29, 0.717) is 36.7 Å². The predicted molar refractivity (Wildman–Crippen MR) is 166 cm³/mol. The molecule has 4 aromatic rings. The zero-order valence-electron chi connectivity index (χ0n) is 24.7. The summed E-state index contributed by atoms with van der Waals surface area (Å²) >= 11 is 0. The van der Waals surface area contributed by atoms with E-state index in [4.69, 9.17) is 9.47 Å². The van der Waals surface area contributed by atoms with Crippen molar-refractivity contribution in [2.45, 2.75) is 63.9 Å². The van der Waals surface area contributed by atoms with E-state index in [-0.39, 0.29) is 17.0 Å². The fraction of sp³-hybridized carbons (Fsp3) is 0.364. The highest BCUT2D eigenvalue weighted by atomic mass is 32.2. The van der Waals surface area contributed by atoms with Crippen molar-refractivity contribution in [2.24, 2.45) is 0 Å². The lowest BCUT2D eigenvalue weighted by molar-refractivity contribution is 0.166. The fourth-order valence-electron chi connectivity index (χ4n) is 5.42. The van der Waals surface area contributed by atoms with Gasteiger partial charge in [-0.1, -0.05) is 49.6 Å². The molecule has 1 atom stereocenters. The highest BCUT2D eigenvalue weighted by Gasteiger charge is 2.33. The molecule has 0 saturated carbocycles. The first-order chi connectivity index (χ1) is 20.2. The van der Waals surface area contributed by atoms with Gasteiger partial charge < -0.3 is 14.4 Å². The number of aryl methyl sites for hydroxylation is 1.